The summed E-state index contributed by atoms with van der Waals surface area (Å²) in [5.41, 5.74) is 15.7. The minimum atomic E-state index is -0.0539. The first-order chi connectivity index (χ1) is 36.9. The van der Waals surface area contributed by atoms with Crippen molar-refractivity contribution in [2.45, 2.75) is 52.4 Å². The molecule has 0 spiro atoms. The third-order valence-electron chi connectivity index (χ3n) is 15.6. The van der Waals surface area contributed by atoms with Crippen molar-refractivity contribution in [3.8, 4) is 0 Å². The highest BCUT2D eigenvalue weighted by molar-refractivity contribution is 6.30. The first kappa shape index (κ1) is 44.2. The molecule has 0 saturated heterocycles. The fourth-order valence-electron chi connectivity index (χ4n) is 12.0. The van der Waals surface area contributed by atoms with Gasteiger partial charge in [0.2, 0.25) is 0 Å². The van der Waals surface area contributed by atoms with Gasteiger partial charge in [-0.25, -0.2) is 0 Å². The van der Waals surface area contributed by atoms with Gasteiger partial charge in [0.15, 0.2) is 0 Å². The molecule has 366 valence electrons. The molecule has 6 heteroatoms. The lowest BCUT2D eigenvalue weighted by Crippen LogP contribution is -2.10. The molecule has 4 heterocycles. The fourth-order valence-corrected chi connectivity index (χ4v) is 12.0. The van der Waals surface area contributed by atoms with Gasteiger partial charge in [-0.3, -0.25) is 0 Å². The minimum Gasteiger partial charge on any atom is -0.456 e. The van der Waals surface area contributed by atoms with Gasteiger partial charge in [-0.1, -0.05) is 126 Å². The molecule has 76 heavy (non-hydrogen) atoms. The molecule has 4 aromatic heterocycles. The third kappa shape index (κ3) is 6.73. The van der Waals surface area contributed by atoms with E-state index in [1.807, 2.05) is 0 Å². The van der Waals surface area contributed by atoms with Crippen molar-refractivity contribution in [1.29, 1.82) is 0 Å². The van der Waals surface area contributed by atoms with Crippen LogP contribution in [-0.4, -0.2) is 0 Å². The number of nitrogens with zero attached hydrogens (tertiary/aromatic N) is 2. The van der Waals surface area contributed by atoms with Crippen molar-refractivity contribution in [2.75, 3.05) is 9.80 Å². The van der Waals surface area contributed by atoms with Gasteiger partial charge < -0.3 is 27.5 Å². The number of hydrogen-bond acceptors (Lipinski definition) is 6. The summed E-state index contributed by atoms with van der Waals surface area (Å²) in [6.07, 6.45) is 0. The quantitative estimate of drug-likeness (QED) is 0.165. The molecule has 0 amide bonds. The molecule has 0 N–H and O–H groups in total. The molecule has 0 unspecified atom stereocenters. The van der Waals surface area contributed by atoms with E-state index in [4.69, 9.17) is 17.7 Å². The Kier molecular flexibility index (Phi) is 9.38. The average Bonchev–Trinajstić information content (AvgIpc) is 4.24. The van der Waals surface area contributed by atoms with Crippen molar-refractivity contribution in [3.63, 3.8) is 0 Å². The zero-order chi connectivity index (χ0) is 51.2. The Labute approximate surface area is 438 Å². The first-order valence-electron chi connectivity index (χ1n) is 26.2. The van der Waals surface area contributed by atoms with Gasteiger partial charge in [-0.05, 0) is 143 Å². The standard InChI is InChI=1S/C70H52N2O4/c1-69(2,3)57-21-13-19-51-55-39-47(27-33-59(55)73-67(51)57)71(43-15-9-7-10-16-43)45-25-31-49-41(37-45)23-29-53-63-61(75-65(49)53)35-36-62-64(63)54-30-24-42-38-46(26-32-50(42)66(54)76-62)72(44-17-11-8-12-18-44)48-28-34-60-56(40-48)52-20-14-22-58(68(52)74-60)70(4,5)6/h7-40H,1-6H3. The van der Waals surface area contributed by atoms with E-state index < -0.39 is 0 Å². The van der Waals surface area contributed by atoms with Crippen LogP contribution in [0.25, 0.3) is 109 Å². The van der Waals surface area contributed by atoms with Gasteiger partial charge in [0, 0.05) is 99.1 Å². The zero-order valence-corrected chi connectivity index (χ0v) is 43.2. The zero-order valence-electron chi connectivity index (χ0n) is 43.2. The predicted molar refractivity (Wildman–Crippen MR) is 317 cm³/mol. The second kappa shape index (κ2) is 16.1. The van der Waals surface area contributed by atoms with E-state index in [1.165, 1.54) is 11.1 Å². The van der Waals surface area contributed by atoms with Gasteiger partial charge in [-0.2, -0.15) is 0 Å². The molecule has 0 atom stereocenters. The number of benzene rings is 11. The van der Waals surface area contributed by atoms with Crippen LogP contribution >= 0.6 is 0 Å². The largest absolute Gasteiger partial charge is 0.456 e. The van der Waals surface area contributed by atoms with E-state index in [9.17, 15) is 0 Å². The van der Waals surface area contributed by atoms with Crippen molar-refractivity contribution >= 4 is 143 Å². The monoisotopic (exact) mass is 984 g/mol. The molecule has 11 aromatic carbocycles. The van der Waals surface area contributed by atoms with E-state index >= 15 is 0 Å². The highest BCUT2D eigenvalue weighted by Crippen LogP contribution is 2.48. The minimum absolute atomic E-state index is 0.0539. The highest BCUT2D eigenvalue weighted by atomic mass is 16.3. The number of hydrogen-bond donors (Lipinski definition) is 0. The predicted octanol–water partition coefficient (Wildman–Crippen LogP) is 21.1. The molecule has 15 aromatic rings. The lowest BCUT2D eigenvalue weighted by atomic mass is 9.86. The second-order valence-electron chi connectivity index (χ2n) is 22.5. The Morgan fingerprint density at radius 3 is 1.05 bits per heavy atom. The maximum absolute atomic E-state index is 6.88. The van der Waals surface area contributed by atoms with E-state index in [1.54, 1.807) is 0 Å². The Bertz CT molecular complexity index is 4540. The van der Waals surface area contributed by atoms with Gasteiger partial charge in [0.05, 0.1) is 0 Å². The Hall–Kier alpha value is -9.26. The summed E-state index contributed by atoms with van der Waals surface area (Å²) in [4.78, 5) is 4.65. The molecule has 15 rings (SSSR count). The van der Waals surface area contributed by atoms with Crippen LogP contribution in [0, 0.1) is 0 Å². The van der Waals surface area contributed by atoms with Gasteiger partial charge >= 0.3 is 0 Å². The summed E-state index contributed by atoms with van der Waals surface area (Å²) >= 11 is 0. The third-order valence-corrected chi connectivity index (χ3v) is 15.6. The van der Waals surface area contributed by atoms with Crippen LogP contribution < -0.4 is 9.80 Å². The molecule has 0 saturated carbocycles. The van der Waals surface area contributed by atoms with Crippen LogP contribution in [0.1, 0.15) is 52.7 Å². The normalized spacial score (nSPS) is 12.6. The number of fused-ring (bicyclic) bond motifs is 17. The van der Waals surface area contributed by atoms with Crippen molar-refractivity contribution in [2.24, 2.45) is 0 Å². The molecule has 0 aliphatic heterocycles. The van der Waals surface area contributed by atoms with E-state index in [0.717, 1.165) is 143 Å². The number of furan rings is 4. The maximum atomic E-state index is 6.88. The molecule has 0 aliphatic carbocycles. The first-order valence-corrected chi connectivity index (χ1v) is 26.2. The van der Waals surface area contributed by atoms with Gasteiger partial charge in [0.25, 0.3) is 0 Å². The summed E-state index contributed by atoms with van der Waals surface area (Å²) in [5.74, 6) is 0. The molecule has 0 aliphatic rings. The van der Waals surface area contributed by atoms with Crippen molar-refractivity contribution < 1.29 is 17.7 Å². The van der Waals surface area contributed by atoms with Crippen LogP contribution in [0.5, 0.6) is 0 Å². The smallest absolute Gasteiger partial charge is 0.143 e. The van der Waals surface area contributed by atoms with Gasteiger partial charge in [-0.15, -0.1) is 0 Å². The number of para-hydroxylation sites is 4. The Morgan fingerprint density at radius 2 is 0.632 bits per heavy atom. The van der Waals surface area contributed by atoms with Crippen molar-refractivity contribution in [1.82, 2.24) is 0 Å². The van der Waals surface area contributed by atoms with Crippen molar-refractivity contribution in [3.05, 3.63) is 217 Å². The maximum Gasteiger partial charge on any atom is 0.143 e. The highest BCUT2D eigenvalue weighted by Gasteiger charge is 2.25. The topological polar surface area (TPSA) is 59.0 Å². The fraction of sp³-hybridized carbons (Fsp3) is 0.114. The summed E-state index contributed by atoms with van der Waals surface area (Å²) in [6.45, 7) is 13.4. The lowest BCUT2D eigenvalue weighted by molar-refractivity contribution is 0.572. The van der Waals surface area contributed by atoms with Crippen LogP contribution in [0.4, 0.5) is 34.1 Å². The number of anilines is 6. The molecule has 0 fully saturated rings. The summed E-state index contributed by atoms with van der Waals surface area (Å²) in [5, 5.41) is 12.9. The van der Waals surface area contributed by atoms with Crippen LogP contribution in [-0.2, 0) is 10.8 Å². The van der Waals surface area contributed by atoms with E-state index in [-0.39, 0.29) is 10.8 Å². The second-order valence-corrected chi connectivity index (χ2v) is 22.5. The van der Waals surface area contributed by atoms with E-state index in [2.05, 4.69) is 258 Å². The molecular weight excluding hydrogens is 933 g/mol. The molecule has 0 bridgehead atoms. The molecular formula is C70H52N2O4. The number of rotatable bonds is 6. The van der Waals surface area contributed by atoms with E-state index in [0.29, 0.717) is 0 Å². The van der Waals surface area contributed by atoms with Crippen LogP contribution in [0.3, 0.4) is 0 Å². The Balaban J connectivity index is 0.832. The molecule has 6 nitrogen and oxygen atoms in total. The lowest BCUT2D eigenvalue weighted by Gasteiger charge is -2.26. The summed E-state index contributed by atoms with van der Waals surface area (Å²) in [7, 11) is 0. The summed E-state index contributed by atoms with van der Waals surface area (Å²) < 4.78 is 26.9. The van der Waals surface area contributed by atoms with Gasteiger partial charge in [0.1, 0.15) is 44.7 Å². The van der Waals surface area contributed by atoms with Crippen LogP contribution in [0.2, 0.25) is 0 Å². The summed E-state index contributed by atoms with van der Waals surface area (Å²) in [6, 6.07) is 73.6. The SMILES string of the molecule is CC(C)(C)c1cccc2c1oc1ccc(N(c3ccccc3)c3ccc4c(ccc5c4oc4ccc6oc7c8ccc(N(c9ccccc9)c9ccc%10oc%11c(C(C)(C)C)cccc%11c%10c9)cc8ccc7c6c45)c3)cc12. The average molecular weight is 985 g/mol. The molecule has 0 radical (unpaired) electrons. The Morgan fingerprint density at radius 1 is 0.263 bits per heavy atom. The van der Waals surface area contributed by atoms with Crippen LogP contribution in [0.15, 0.2) is 224 Å².